The van der Waals surface area contributed by atoms with E-state index in [-0.39, 0.29) is 4.87 Å². The molecule has 1 atom stereocenters. The van der Waals surface area contributed by atoms with E-state index in [9.17, 15) is 4.79 Å². The van der Waals surface area contributed by atoms with Gasteiger partial charge in [0.25, 0.3) is 0 Å². The second-order valence-corrected chi connectivity index (χ2v) is 5.63. The van der Waals surface area contributed by atoms with E-state index in [2.05, 4.69) is 17.0 Å². The summed E-state index contributed by atoms with van der Waals surface area (Å²) in [6.07, 6.45) is 2.53. The smallest absolute Gasteiger partial charge is 0.415 e. The molecule has 0 aromatic heterocycles. The van der Waals surface area contributed by atoms with Gasteiger partial charge in [0.1, 0.15) is 0 Å². The number of amides is 1. The summed E-state index contributed by atoms with van der Waals surface area (Å²) in [4.78, 5) is 10.2. The second kappa shape index (κ2) is 4.97. The minimum Gasteiger partial charge on any atom is -0.464 e. The minimum absolute atomic E-state index is 0.0192. The van der Waals surface area contributed by atoms with Crippen LogP contribution in [0.15, 0.2) is 0 Å². The maximum atomic E-state index is 10.2. The van der Waals surface area contributed by atoms with Crippen molar-refractivity contribution in [3.05, 3.63) is 0 Å². The molecule has 1 heterocycles. The molecular formula is C7H14N2O2S2. The van der Waals surface area contributed by atoms with E-state index in [1.54, 1.807) is 10.8 Å². The number of nitrogens with one attached hydrogen (secondary N) is 2. The van der Waals surface area contributed by atoms with Gasteiger partial charge in [-0.2, -0.15) is 0 Å². The first kappa shape index (κ1) is 11.0. The van der Waals surface area contributed by atoms with Crippen molar-refractivity contribution < 1.29 is 9.90 Å². The van der Waals surface area contributed by atoms with Crippen LogP contribution in [0.5, 0.6) is 0 Å². The van der Waals surface area contributed by atoms with Crippen LogP contribution in [0.1, 0.15) is 26.2 Å². The lowest BCUT2D eigenvalue weighted by atomic mass is 10.1. The van der Waals surface area contributed by atoms with Crippen molar-refractivity contribution in [2.24, 2.45) is 0 Å². The van der Waals surface area contributed by atoms with E-state index < -0.39 is 6.09 Å². The Bertz CT molecular complexity index is 183. The molecule has 0 aromatic carbocycles. The summed E-state index contributed by atoms with van der Waals surface area (Å²) in [5.74, 6) is 0. The second-order valence-electron chi connectivity index (χ2n) is 3.19. The van der Waals surface area contributed by atoms with E-state index in [1.807, 2.05) is 0 Å². The van der Waals surface area contributed by atoms with Crippen molar-refractivity contribution in [1.29, 1.82) is 0 Å². The molecule has 0 aromatic rings. The van der Waals surface area contributed by atoms with E-state index in [1.165, 1.54) is 23.8 Å². The third-order valence-electron chi connectivity index (χ3n) is 1.93. The third-order valence-corrected chi connectivity index (χ3v) is 4.60. The highest BCUT2D eigenvalue weighted by Crippen LogP contribution is 2.37. The summed E-state index contributed by atoms with van der Waals surface area (Å²) >= 11 is 0. The lowest BCUT2D eigenvalue weighted by Crippen LogP contribution is -2.42. The Kier molecular flexibility index (Phi) is 4.21. The van der Waals surface area contributed by atoms with Gasteiger partial charge in [0, 0.05) is 11.0 Å². The molecule has 6 heteroatoms. The molecule has 1 unspecified atom stereocenters. The molecule has 1 amide bonds. The third kappa shape index (κ3) is 4.10. The average Bonchev–Trinajstić information content (AvgIpc) is 2.04. The van der Waals surface area contributed by atoms with Gasteiger partial charge in [0.2, 0.25) is 0 Å². The summed E-state index contributed by atoms with van der Waals surface area (Å²) in [6.45, 7) is 3.13. The van der Waals surface area contributed by atoms with Crippen molar-refractivity contribution in [1.82, 2.24) is 10.0 Å². The molecule has 3 N–H and O–H groups in total. The van der Waals surface area contributed by atoms with Gasteiger partial charge < -0.3 is 10.4 Å². The Morgan fingerprint density at radius 2 is 2.38 bits per heavy atom. The molecule has 1 fully saturated rings. The molecule has 1 saturated heterocycles. The van der Waals surface area contributed by atoms with Crippen molar-refractivity contribution in [2.75, 3.05) is 6.54 Å². The van der Waals surface area contributed by atoms with Gasteiger partial charge in [-0.25, -0.2) is 4.79 Å². The van der Waals surface area contributed by atoms with Gasteiger partial charge >= 0.3 is 6.09 Å². The van der Waals surface area contributed by atoms with Gasteiger partial charge in [0.05, 0.1) is 4.87 Å². The average molecular weight is 222 g/mol. The van der Waals surface area contributed by atoms with Crippen molar-refractivity contribution >= 4 is 27.9 Å². The Morgan fingerprint density at radius 3 is 2.92 bits per heavy atom. The zero-order valence-corrected chi connectivity index (χ0v) is 9.13. The summed E-state index contributed by atoms with van der Waals surface area (Å²) in [6, 6.07) is 0. The van der Waals surface area contributed by atoms with Gasteiger partial charge in [-0.05, 0) is 43.5 Å². The maximum Gasteiger partial charge on any atom is 0.415 e. The van der Waals surface area contributed by atoms with E-state index in [0.29, 0.717) is 0 Å². The number of rotatable bonds is 3. The lowest BCUT2D eigenvalue weighted by molar-refractivity contribution is 0.202. The van der Waals surface area contributed by atoms with Crippen molar-refractivity contribution in [2.45, 2.75) is 31.1 Å². The zero-order chi connectivity index (χ0) is 9.73. The molecule has 1 rings (SSSR count). The Balaban J connectivity index is 2.21. The Hall–Kier alpha value is -0.0700. The summed E-state index contributed by atoms with van der Waals surface area (Å²) < 4.78 is 2.27. The van der Waals surface area contributed by atoms with Gasteiger partial charge in [-0.3, -0.25) is 4.72 Å². The first-order valence-corrected chi connectivity index (χ1v) is 6.36. The summed E-state index contributed by atoms with van der Waals surface area (Å²) in [7, 11) is 2.71. The number of hydrogen-bond donors (Lipinski definition) is 3. The predicted octanol–water partition coefficient (Wildman–Crippen LogP) is 2.04. The van der Waals surface area contributed by atoms with Crippen LogP contribution in [0, 0.1) is 0 Å². The largest absolute Gasteiger partial charge is 0.464 e. The topological polar surface area (TPSA) is 61.4 Å². The molecule has 4 nitrogen and oxygen atoms in total. The quantitative estimate of drug-likeness (QED) is 0.504. The van der Waals surface area contributed by atoms with E-state index in [0.717, 1.165) is 13.0 Å². The van der Waals surface area contributed by atoms with Crippen molar-refractivity contribution in [3.8, 4) is 0 Å². The van der Waals surface area contributed by atoms with E-state index in [4.69, 9.17) is 5.11 Å². The molecule has 0 aliphatic carbocycles. The summed E-state index contributed by atoms with van der Waals surface area (Å²) in [5, 5.41) is 11.7. The molecule has 0 radical (unpaired) electrons. The first-order chi connectivity index (χ1) is 6.12. The van der Waals surface area contributed by atoms with Crippen LogP contribution in [0.3, 0.4) is 0 Å². The van der Waals surface area contributed by atoms with Crippen LogP contribution >= 0.6 is 21.8 Å². The fourth-order valence-electron chi connectivity index (χ4n) is 1.25. The normalized spacial score (nSPS) is 28.4. The number of carbonyl (C=O) groups is 1. The standard InChI is InChI=1S/C7H14N2O2S2/c1-7(4-2-3-5-8-7)12-13-9-6(10)11/h8-9H,2-5H2,1H3,(H,10,11). The lowest BCUT2D eigenvalue weighted by Gasteiger charge is -2.33. The SMILES string of the molecule is CC1(SSNC(=O)O)CCCCN1. The first-order valence-electron chi connectivity index (χ1n) is 4.21. The molecule has 1 aliphatic rings. The van der Waals surface area contributed by atoms with Crippen LogP contribution in [-0.4, -0.2) is 22.6 Å². The highest BCUT2D eigenvalue weighted by molar-refractivity contribution is 8.76. The number of piperidine rings is 1. The molecule has 13 heavy (non-hydrogen) atoms. The van der Waals surface area contributed by atoms with Crippen molar-refractivity contribution in [3.63, 3.8) is 0 Å². The fourth-order valence-corrected chi connectivity index (χ4v) is 3.25. The fraction of sp³-hybridized carbons (Fsp3) is 0.857. The van der Waals surface area contributed by atoms with Crippen LogP contribution in [-0.2, 0) is 0 Å². The molecule has 0 spiro atoms. The predicted molar refractivity (Wildman–Crippen MR) is 56.6 cm³/mol. The van der Waals surface area contributed by atoms with Gasteiger partial charge in [-0.1, -0.05) is 0 Å². The van der Waals surface area contributed by atoms with Gasteiger partial charge in [0.15, 0.2) is 0 Å². The number of carboxylic acid groups (broad SMARTS) is 1. The highest BCUT2D eigenvalue weighted by Gasteiger charge is 2.27. The molecular weight excluding hydrogens is 208 g/mol. The Labute approximate surface area is 85.8 Å². The van der Waals surface area contributed by atoms with Crippen LogP contribution < -0.4 is 10.0 Å². The van der Waals surface area contributed by atoms with Crippen LogP contribution in [0.4, 0.5) is 4.79 Å². The molecule has 1 aliphatic heterocycles. The minimum atomic E-state index is -0.989. The monoisotopic (exact) mass is 222 g/mol. The molecule has 76 valence electrons. The zero-order valence-electron chi connectivity index (χ0n) is 7.50. The van der Waals surface area contributed by atoms with Crippen LogP contribution in [0.2, 0.25) is 0 Å². The molecule has 0 bridgehead atoms. The van der Waals surface area contributed by atoms with Crippen LogP contribution in [0.25, 0.3) is 0 Å². The maximum absolute atomic E-state index is 10.2. The summed E-state index contributed by atoms with van der Waals surface area (Å²) in [5.41, 5.74) is 0. The Morgan fingerprint density at radius 1 is 1.62 bits per heavy atom. The van der Waals surface area contributed by atoms with E-state index >= 15 is 0 Å². The highest BCUT2D eigenvalue weighted by atomic mass is 33.1. The number of hydrogen-bond acceptors (Lipinski definition) is 4. The van der Waals surface area contributed by atoms with Gasteiger partial charge in [-0.15, -0.1) is 0 Å². The molecule has 0 saturated carbocycles.